The predicted octanol–water partition coefficient (Wildman–Crippen LogP) is 2.28. The summed E-state index contributed by atoms with van der Waals surface area (Å²) in [6.07, 6.45) is 0.920. The molecule has 0 radical (unpaired) electrons. The topological polar surface area (TPSA) is 36.3 Å². The molecule has 15 heavy (non-hydrogen) atoms. The predicted molar refractivity (Wildman–Crippen MR) is 62.6 cm³/mol. The molecule has 0 saturated heterocycles. The van der Waals surface area contributed by atoms with Gasteiger partial charge >= 0.3 is 0 Å². The number of rotatable bonds is 8. The van der Waals surface area contributed by atoms with Gasteiger partial charge in [0.1, 0.15) is 0 Å². The molecular formula is C12H24N2O. The van der Waals surface area contributed by atoms with Gasteiger partial charge in [0.15, 0.2) is 0 Å². The summed E-state index contributed by atoms with van der Waals surface area (Å²) < 4.78 is 5.32. The first-order valence-electron chi connectivity index (χ1n) is 5.77. The maximum Gasteiger partial charge on any atom is 0.0684 e. The van der Waals surface area contributed by atoms with Gasteiger partial charge in [0.05, 0.1) is 18.1 Å². The second kappa shape index (κ2) is 7.67. The summed E-state index contributed by atoms with van der Waals surface area (Å²) in [4.78, 5) is 2.33. The minimum atomic E-state index is -0.209. The minimum absolute atomic E-state index is 0.209. The van der Waals surface area contributed by atoms with Crippen LogP contribution in [0, 0.1) is 16.7 Å². The van der Waals surface area contributed by atoms with Crippen LogP contribution in [0.4, 0.5) is 0 Å². The fourth-order valence-corrected chi connectivity index (χ4v) is 1.26. The standard InChI is InChI=1S/C12H24N2O/c1-5-14(9-10-15-6-2)8-7-12(3,4)11-13/h5-10H2,1-4H3. The van der Waals surface area contributed by atoms with Crippen LogP contribution in [0.3, 0.4) is 0 Å². The zero-order valence-corrected chi connectivity index (χ0v) is 10.5. The normalized spacial score (nSPS) is 11.7. The fourth-order valence-electron chi connectivity index (χ4n) is 1.26. The van der Waals surface area contributed by atoms with E-state index < -0.39 is 0 Å². The van der Waals surface area contributed by atoms with E-state index in [1.54, 1.807) is 0 Å². The van der Waals surface area contributed by atoms with Gasteiger partial charge in [0, 0.05) is 13.2 Å². The Morgan fingerprint density at radius 3 is 2.40 bits per heavy atom. The van der Waals surface area contributed by atoms with Crippen LogP contribution in [0.25, 0.3) is 0 Å². The Balaban J connectivity index is 3.76. The average Bonchev–Trinajstić information content (AvgIpc) is 2.23. The van der Waals surface area contributed by atoms with E-state index >= 15 is 0 Å². The molecule has 0 aliphatic carbocycles. The number of likely N-dealkylation sites (N-methyl/N-ethyl adjacent to an activating group) is 1. The number of ether oxygens (including phenoxy) is 1. The van der Waals surface area contributed by atoms with E-state index in [-0.39, 0.29) is 5.41 Å². The van der Waals surface area contributed by atoms with Crippen LogP contribution in [0.5, 0.6) is 0 Å². The molecule has 0 aliphatic heterocycles. The first-order chi connectivity index (χ1) is 7.05. The molecule has 0 rings (SSSR count). The van der Waals surface area contributed by atoms with Gasteiger partial charge < -0.3 is 9.64 Å². The molecule has 0 fully saturated rings. The van der Waals surface area contributed by atoms with E-state index in [1.165, 1.54) is 0 Å². The lowest BCUT2D eigenvalue weighted by atomic mass is 9.91. The molecule has 0 atom stereocenters. The monoisotopic (exact) mass is 212 g/mol. The molecule has 0 amide bonds. The van der Waals surface area contributed by atoms with Crippen molar-refractivity contribution in [3.05, 3.63) is 0 Å². The molecule has 0 spiro atoms. The molecule has 3 heteroatoms. The maximum absolute atomic E-state index is 8.90. The van der Waals surface area contributed by atoms with Crippen LogP contribution >= 0.6 is 0 Å². The molecule has 0 N–H and O–H groups in total. The lowest BCUT2D eigenvalue weighted by Gasteiger charge is -2.23. The third-order valence-corrected chi connectivity index (χ3v) is 2.56. The molecule has 88 valence electrons. The quantitative estimate of drug-likeness (QED) is 0.579. The van der Waals surface area contributed by atoms with Crippen LogP contribution in [-0.4, -0.2) is 37.7 Å². The molecular weight excluding hydrogens is 188 g/mol. The van der Waals surface area contributed by atoms with Crippen LogP contribution in [0.1, 0.15) is 34.1 Å². The van der Waals surface area contributed by atoms with Crippen molar-refractivity contribution in [2.75, 3.05) is 32.8 Å². The number of hydrogen-bond donors (Lipinski definition) is 0. The van der Waals surface area contributed by atoms with Crippen molar-refractivity contribution in [3.8, 4) is 6.07 Å². The number of nitriles is 1. The van der Waals surface area contributed by atoms with Crippen molar-refractivity contribution in [3.63, 3.8) is 0 Å². The average molecular weight is 212 g/mol. The van der Waals surface area contributed by atoms with Gasteiger partial charge in [0.25, 0.3) is 0 Å². The Hall–Kier alpha value is -0.590. The Bertz CT molecular complexity index is 196. The van der Waals surface area contributed by atoms with Crippen LogP contribution < -0.4 is 0 Å². The van der Waals surface area contributed by atoms with Gasteiger partial charge in [-0.1, -0.05) is 6.92 Å². The van der Waals surface area contributed by atoms with Gasteiger partial charge in [-0.25, -0.2) is 0 Å². The lowest BCUT2D eigenvalue weighted by molar-refractivity contribution is 0.112. The molecule has 0 unspecified atom stereocenters. The summed E-state index contributed by atoms with van der Waals surface area (Å²) in [5, 5.41) is 8.90. The van der Waals surface area contributed by atoms with Crippen LogP contribution in [-0.2, 0) is 4.74 Å². The van der Waals surface area contributed by atoms with Crippen LogP contribution in [0.2, 0.25) is 0 Å². The first kappa shape index (κ1) is 14.4. The van der Waals surface area contributed by atoms with Crippen molar-refractivity contribution >= 4 is 0 Å². The van der Waals surface area contributed by atoms with Crippen molar-refractivity contribution < 1.29 is 4.74 Å². The molecule has 0 bridgehead atoms. The molecule has 0 aromatic rings. The summed E-state index contributed by atoms with van der Waals surface area (Å²) in [5.41, 5.74) is -0.209. The molecule has 3 nitrogen and oxygen atoms in total. The molecule has 0 aromatic carbocycles. The number of hydrogen-bond acceptors (Lipinski definition) is 3. The SMILES string of the molecule is CCOCCN(CC)CCC(C)(C)C#N. The summed E-state index contributed by atoms with van der Waals surface area (Å²) >= 11 is 0. The zero-order chi connectivity index (χ0) is 11.7. The summed E-state index contributed by atoms with van der Waals surface area (Å²) in [6, 6.07) is 2.33. The smallest absolute Gasteiger partial charge is 0.0684 e. The van der Waals surface area contributed by atoms with Crippen LogP contribution in [0.15, 0.2) is 0 Å². The van der Waals surface area contributed by atoms with E-state index in [0.29, 0.717) is 0 Å². The van der Waals surface area contributed by atoms with Crippen molar-refractivity contribution in [1.29, 1.82) is 5.26 Å². The third kappa shape index (κ3) is 7.35. The minimum Gasteiger partial charge on any atom is -0.380 e. The number of nitrogens with zero attached hydrogens (tertiary/aromatic N) is 2. The lowest BCUT2D eigenvalue weighted by Crippen LogP contribution is -2.31. The molecule has 0 saturated carbocycles. The highest BCUT2D eigenvalue weighted by Gasteiger charge is 2.17. The molecule has 0 aliphatic rings. The highest BCUT2D eigenvalue weighted by atomic mass is 16.5. The van der Waals surface area contributed by atoms with E-state index in [0.717, 1.165) is 39.3 Å². The maximum atomic E-state index is 8.90. The summed E-state index contributed by atoms with van der Waals surface area (Å²) in [5.74, 6) is 0. The highest BCUT2D eigenvalue weighted by molar-refractivity contribution is 4.91. The van der Waals surface area contributed by atoms with Gasteiger partial charge in [0.2, 0.25) is 0 Å². The third-order valence-electron chi connectivity index (χ3n) is 2.56. The van der Waals surface area contributed by atoms with Crippen molar-refractivity contribution in [2.24, 2.45) is 5.41 Å². The summed E-state index contributed by atoms with van der Waals surface area (Å²) in [7, 11) is 0. The second-order valence-electron chi connectivity index (χ2n) is 4.38. The van der Waals surface area contributed by atoms with Crippen molar-refractivity contribution in [1.82, 2.24) is 4.90 Å². The summed E-state index contributed by atoms with van der Waals surface area (Å²) in [6.45, 7) is 12.7. The van der Waals surface area contributed by atoms with E-state index in [4.69, 9.17) is 10.00 Å². The van der Waals surface area contributed by atoms with Gasteiger partial charge in [-0.05, 0) is 40.3 Å². The Kier molecular flexibility index (Phi) is 7.37. The van der Waals surface area contributed by atoms with Gasteiger partial charge in [-0.2, -0.15) is 5.26 Å². The van der Waals surface area contributed by atoms with Gasteiger partial charge in [-0.15, -0.1) is 0 Å². The Labute approximate surface area is 94.0 Å². The highest BCUT2D eigenvalue weighted by Crippen LogP contribution is 2.18. The Morgan fingerprint density at radius 2 is 1.93 bits per heavy atom. The first-order valence-corrected chi connectivity index (χ1v) is 5.77. The molecule has 0 heterocycles. The Morgan fingerprint density at radius 1 is 1.27 bits per heavy atom. The zero-order valence-electron chi connectivity index (χ0n) is 10.5. The van der Waals surface area contributed by atoms with Gasteiger partial charge in [-0.3, -0.25) is 0 Å². The van der Waals surface area contributed by atoms with E-state index in [2.05, 4.69) is 17.9 Å². The van der Waals surface area contributed by atoms with E-state index in [1.807, 2.05) is 20.8 Å². The fraction of sp³-hybridized carbons (Fsp3) is 0.917. The van der Waals surface area contributed by atoms with E-state index in [9.17, 15) is 0 Å². The largest absolute Gasteiger partial charge is 0.380 e. The van der Waals surface area contributed by atoms with Crippen molar-refractivity contribution in [2.45, 2.75) is 34.1 Å². The second-order valence-corrected chi connectivity index (χ2v) is 4.38. The molecule has 0 aromatic heterocycles.